The molecule has 1 N–H and O–H groups in total. The van der Waals surface area contributed by atoms with Gasteiger partial charge in [-0.25, -0.2) is 4.39 Å². The van der Waals surface area contributed by atoms with Crippen LogP contribution in [0.2, 0.25) is 0 Å². The van der Waals surface area contributed by atoms with Crippen LogP contribution < -0.4 is 10.1 Å². The zero-order valence-corrected chi connectivity index (χ0v) is 13.0. The van der Waals surface area contributed by atoms with Gasteiger partial charge in [0.05, 0.1) is 7.11 Å². The van der Waals surface area contributed by atoms with Crippen molar-refractivity contribution >= 4 is 5.78 Å². The van der Waals surface area contributed by atoms with Crippen LogP contribution in [0, 0.1) is 17.2 Å². The lowest BCUT2D eigenvalue weighted by Crippen LogP contribution is -2.43. The monoisotopic (exact) mass is 293 g/mol. The molecule has 3 nitrogen and oxygen atoms in total. The molecule has 4 heteroatoms. The van der Waals surface area contributed by atoms with Crippen LogP contribution in [0.3, 0.4) is 0 Å². The van der Waals surface area contributed by atoms with Crippen molar-refractivity contribution in [2.75, 3.05) is 20.2 Å². The molecule has 1 aromatic carbocycles. The molecule has 0 spiro atoms. The molecule has 1 atom stereocenters. The molecule has 21 heavy (non-hydrogen) atoms. The van der Waals surface area contributed by atoms with Gasteiger partial charge in [-0.2, -0.15) is 0 Å². The predicted molar refractivity (Wildman–Crippen MR) is 81.0 cm³/mol. The third kappa shape index (κ3) is 3.43. The molecule has 0 amide bonds. The fourth-order valence-corrected chi connectivity index (χ4v) is 2.95. The Morgan fingerprint density at radius 2 is 2.24 bits per heavy atom. The Morgan fingerprint density at radius 1 is 1.48 bits per heavy atom. The minimum atomic E-state index is -0.442. The Labute approximate surface area is 125 Å². The predicted octanol–water partition coefficient (Wildman–Crippen LogP) is 2.97. The lowest BCUT2D eigenvalue weighted by Gasteiger charge is -2.36. The molecule has 0 bridgehead atoms. The van der Waals surface area contributed by atoms with Crippen molar-refractivity contribution in [2.45, 2.75) is 33.1 Å². The van der Waals surface area contributed by atoms with Crippen LogP contribution in [-0.4, -0.2) is 26.0 Å². The highest BCUT2D eigenvalue weighted by atomic mass is 19.1. The van der Waals surface area contributed by atoms with E-state index in [-0.39, 0.29) is 18.0 Å². The second-order valence-electron chi connectivity index (χ2n) is 6.30. The number of methoxy groups -OCH3 is 1. The molecule has 116 valence electrons. The van der Waals surface area contributed by atoms with Gasteiger partial charge in [0.1, 0.15) is 5.78 Å². The van der Waals surface area contributed by atoms with E-state index < -0.39 is 11.2 Å². The molecule has 1 aliphatic rings. The van der Waals surface area contributed by atoms with E-state index in [0.29, 0.717) is 11.5 Å². The van der Waals surface area contributed by atoms with Crippen molar-refractivity contribution in [3.05, 3.63) is 29.6 Å². The number of halogens is 1. The largest absolute Gasteiger partial charge is 0.494 e. The summed E-state index contributed by atoms with van der Waals surface area (Å²) in [6, 6.07) is 4.95. The zero-order valence-electron chi connectivity index (χ0n) is 13.0. The Balaban J connectivity index is 2.13. The fraction of sp³-hybridized carbons (Fsp3) is 0.588. The number of Topliss-reactive ketones (excluding diaryl/α,β-unsaturated/α-hetero) is 1. The Morgan fingerprint density at radius 3 is 2.86 bits per heavy atom. The van der Waals surface area contributed by atoms with E-state index in [0.717, 1.165) is 25.9 Å². The van der Waals surface area contributed by atoms with Gasteiger partial charge in [-0.3, -0.25) is 4.79 Å². The van der Waals surface area contributed by atoms with E-state index >= 15 is 0 Å². The number of ether oxygens (including phenoxy) is 1. The SMILES string of the molecule is COc1cccc(CC(=O)C(C)(C)C2CCCNC2)c1F. The number of hydrogen-bond donors (Lipinski definition) is 1. The number of carbonyl (C=O) groups is 1. The van der Waals surface area contributed by atoms with Crippen molar-refractivity contribution < 1.29 is 13.9 Å². The average Bonchev–Trinajstić information content (AvgIpc) is 2.50. The third-order valence-electron chi connectivity index (χ3n) is 4.65. The van der Waals surface area contributed by atoms with Crippen LogP contribution in [0.5, 0.6) is 5.75 Å². The van der Waals surface area contributed by atoms with E-state index in [2.05, 4.69) is 5.32 Å². The summed E-state index contributed by atoms with van der Waals surface area (Å²) in [5.41, 5.74) is -0.0284. The summed E-state index contributed by atoms with van der Waals surface area (Å²) >= 11 is 0. The van der Waals surface area contributed by atoms with Crippen molar-refractivity contribution in [3.8, 4) is 5.75 Å². The maximum atomic E-state index is 14.2. The average molecular weight is 293 g/mol. The van der Waals surface area contributed by atoms with Crippen LogP contribution in [0.25, 0.3) is 0 Å². The summed E-state index contributed by atoms with van der Waals surface area (Å²) in [6.07, 6.45) is 2.26. The summed E-state index contributed by atoms with van der Waals surface area (Å²) in [5, 5.41) is 3.34. The number of piperidine rings is 1. The first-order chi connectivity index (χ1) is 9.96. The van der Waals surface area contributed by atoms with Crippen molar-refractivity contribution in [2.24, 2.45) is 11.3 Å². The first kappa shape index (κ1) is 16.0. The standard InChI is InChI=1S/C17H24FNO2/c1-17(2,13-7-5-9-19-11-13)15(20)10-12-6-4-8-14(21-3)16(12)18/h4,6,8,13,19H,5,7,9-11H2,1-3H3. The topological polar surface area (TPSA) is 38.3 Å². The molecule has 0 radical (unpaired) electrons. The molecule has 1 aromatic rings. The van der Waals surface area contributed by atoms with Crippen molar-refractivity contribution in [1.82, 2.24) is 5.32 Å². The normalized spacial score (nSPS) is 19.3. The Bertz CT molecular complexity index is 508. The van der Waals surface area contributed by atoms with Crippen LogP contribution >= 0.6 is 0 Å². The van der Waals surface area contributed by atoms with Gasteiger partial charge in [-0.15, -0.1) is 0 Å². The Kier molecular flexibility index (Phi) is 4.99. The highest BCUT2D eigenvalue weighted by molar-refractivity contribution is 5.86. The Hall–Kier alpha value is -1.42. The maximum Gasteiger partial charge on any atom is 0.168 e. The van der Waals surface area contributed by atoms with E-state index in [9.17, 15) is 9.18 Å². The minimum Gasteiger partial charge on any atom is -0.494 e. The smallest absolute Gasteiger partial charge is 0.168 e. The van der Waals surface area contributed by atoms with Gasteiger partial charge in [0.25, 0.3) is 0 Å². The molecule has 0 aromatic heterocycles. The van der Waals surface area contributed by atoms with Crippen molar-refractivity contribution in [1.29, 1.82) is 0 Å². The van der Waals surface area contributed by atoms with Gasteiger partial charge in [0, 0.05) is 11.8 Å². The minimum absolute atomic E-state index is 0.0864. The fourth-order valence-electron chi connectivity index (χ4n) is 2.95. The van der Waals surface area contributed by atoms with Gasteiger partial charge in [0.2, 0.25) is 0 Å². The van der Waals surface area contributed by atoms with E-state index in [1.54, 1.807) is 18.2 Å². The number of hydrogen-bond acceptors (Lipinski definition) is 3. The molecular formula is C17H24FNO2. The summed E-state index contributed by atoms with van der Waals surface area (Å²) < 4.78 is 19.1. The first-order valence-electron chi connectivity index (χ1n) is 7.52. The molecule has 0 saturated carbocycles. The second kappa shape index (κ2) is 6.56. The number of carbonyl (C=O) groups excluding carboxylic acids is 1. The second-order valence-corrected chi connectivity index (χ2v) is 6.30. The third-order valence-corrected chi connectivity index (χ3v) is 4.65. The van der Waals surface area contributed by atoms with E-state index in [1.807, 2.05) is 13.8 Å². The molecule has 2 rings (SSSR count). The van der Waals surface area contributed by atoms with Gasteiger partial charge >= 0.3 is 0 Å². The quantitative estimate of drug-likeness (QED) is 0.907. The number of benzene rings is 1. The van der Waals surface area contributed by atoms with Gasteiger partial charge < -0.3 is 10.1 Å². The molecule has 0 aliphatic carbocycles. The van der Waals surface area contributed by atoms with Gasteiger partial charge in [0.15, 0.2) is 11.6 Å². The van der Waals surface area contributed by atoms with Crippen LogP contribution in [-0.2, 0) is 11.2 Å². The van der Waals surface area contributed by atoms with E-state index in [1.165, 1.54) is 7.11 Å². The van der Waals surface area contributed by atoms with Crippen LogP contribution in [0.15, 0.2) is 18.2 Å². The lowest BCUT2D eigenvalue weighted by atomic mass is 9.71. The molecular weight excluding hydrogens is 269 g/mol. The molecule has 1 aliphatic heterocycles. The first-order valence-corrected chi connectivity index (χ1v) is 7.52. The highest BCUT2D eigenvalue weighted by Gasteiger charge is 2.37. The summed E-state index contributed by atoms with van der Waals surface area (Å²) in [5.74, 6) is 0.166. The lowest BCUT2D eigenvalue weighted by molar-refractivity contribution is -0.129. The van der Waals surface area contributed by atoms with Crippen molar-refractivity contribution in [3.63, 3.8) is 0 Å². The molecule has 1 heterocycles. The number of nitrogens with one attached hydrogen (secondary N) is 1. The highest BCUT2D eigenvalue weighted by Crippen LogP contribution is 2.34. The summed E-state index contributed by atoms with van der Waals surface area (Å²) in [4.78, 5) is 12.7. The summed E-state index contributed by atoms with van der Waals surface area (Å²) in [6.45, 7) is 5.83. The molecule has 1 fully saturated rings. The van der Waals surface area contributed by atoms with Gasteiger partial charge in [-0.1, -0.05) is 26.0 Å². The zero-order chi connectivity index (χ0) is 15.5. The molecule has 1 unspecified atom stereocenters. The van der Waals surface area contributed by atoms with Gasteiger partial charge in [-0.05, 0) is 43.5 Å². The molecule has 1 saturated heterocycles. The number of rotatable bonds is 5. The van der Waals surface area contributed by atoms with Crippen LogP contribution in [0.1, 0.15) is 32.3 Å². The number of ketones is 1. The van der Waals surface area contributed by atoms with E-state index in [4.69, 9.17) is 4.74 Å². The van der Waals surface area contributed by atoms with Crippen LogP contribution in [0.4, 0.5) is 4.39 Å². The maximum absolute atomic E-state index is 14.2. The summed E-state index contributed by atoms with van der Waals surface area (Å²) in [7, 11) is 1.43.